The van der Waals surface area contributed by atoms with Crippen LogP contribution >= 0.6 is 11.3 Å². The summed E-state index contributed by atoms with van der Waals surface area (Å²) in [5.41, 5.74) is 2.19. The second-order valence-corrected chi connectivity index (χ2v) is 4.51. The van der Waals surface area contributed by atoms with Crippen LogP contribution in [0.1, 0.15) is 10.7 Å². The topological polar surface area (TPSA) is 68.9 Å². The molecule has 1 heterocycles. The van der Waals surface area contributed by atoms with Crippen molar-refractivity contribution in [3.8, 4) is 11.8 Å². The van der Waals surface area contributed by atoms with Gasteiger partial charge in [-0.2, -0.15) is 5.26 Å². The molecule has 2 rings (SSSR count). The first-order chi connectivity index (χ1) is 8.69. The molecule has 0 radical (unpaired) electrons. The Morgan fingerprint density at radius 2 is 2.17 bits per heavy atom. The molecule has 0 spiro atoms. The molecule has 2 aromatic rings. The zero-order valence-corrected chi connectivity index (χ0v) is 10.5. The quantitative estimate of drug-likeness (QED) is 0.654. The van der Waals surface area contributed by atoms with Gasteiger partial charge in [0.1, 0.15) is 22.4 Å². The second kappa shape index (κ2) is 5.34. The van der Waals surface area contributed by atoms with Crippen LogP contribution in [-0.4, -0.2) is 10.1 Å². The van der Waals surface area contributed by atoms with E-state index in [1.807, 2.05) is 12.3 Å². The highest BCUT2D eigenvalue weighted by Gasteiger charge is 2.04. The average molecular weight is 257 g/mol. The first kappa shape index (κ1) is 12.1. The van der Waals surface area contributed by atoms with Gasteiger partial charge >= 0.3 is 0 Å². The Bertz CT molecular complexity index is 608. The molecule has 0 saturated carbocycles. The molecule has 0 unspecified atom stereocenters. The molecule has 2 N–H and O–H groups in total. The number of rotatable bonds is 3. The summed E-state index contributed by atoms with van der Waals surface area (Å²) in [6.07, 6.45) is 1.62. The van der Waals surface area contributed by atoms with Crippen LogP contribution < -0.4 is 5.32 Å². The lowest BCUT2D eigenvalue weighted by molar-refractivity contribution is 0.475. The van der Waals surface area contributed by atoms with Gasteiger partial charge in [0.05, 0.1) is 0 Å². The van der Waals surface area contributed by atoms with E-state index < -0.39 is 0 Å². The molecule has 0 aliphatic carbocycles. The van der Waals surface area contributed by atoms with Gasteiger partial charge in [0.15, 0.2) is 0 Å². The number of phenols is 1. The number of aryl methyl sites for hydroxylation is 1. The smallest absolute Gasteiger partial charge is 0.135 e. The normalized spacial score (nSPS) is 11.0. The monoisotopic (exact) mass is 257 g/mol. The molecule has 0 atom stereocenters. The Morgan fingerprint density at radius 1 is 1.44 bits per heavy atom. The number of phenolic OH excluding ortho intramolecular Hbond substituents is 1. The van der Waals surface area contributed by atoms with Crippen LogP contribution in [-0.2, 0) is 0 Å². The Labute approximate surface area is 109 Å². The van der Waals surface area contributed by atoms with E-state index in [0.29, 0.717) is 10.6 Å². The predicted octanol–water partition coefficient (Wildman–Crippen LogP) is 3.13. The molecule has 18 heavy (non-hydrogen) atoms. The first-order valence-electron chi connectivity index (χ1n) is 5.27. The predicted molar refractivity (Wildman–Crippen MR) is 72.2 cm³/mol. The van der Waals surface area contributed by atoms with Crippen molar-refractivity contribution in [3.05, 3.63) is 46.5 Å². The van der Waals surface area contributed by atoms with E-state index in [9.17, 15) is 0 Å². The van der Waals surface area contributed by atoms with E-state index in [0.717, 1.165) is 11.4 Å². The fourth-order valence-electron chi connectivity index (χ4n) is 1.33. The van der Waals surface area contributed by atoms with E-state index in [4.69, 9.17) is 10.4 Å². The summed E-state index contributed by atoms with van der Waals surface area (Å²) in [6.45, 7) is 1.89. The summed E-state index contributed by atoms with van der Waals surface area (Å²) in [7, 11) is 0. The molecule has 1 aromatic carbocycles. The maximum atomic E-state index is 9.16. The molecule has 0 saturated heterocycles. The second-order valence-electron chi connectivity index (χ2n) is 3.66. The van der Waals surface area contributed by atoms with Crippen LogP contribution in [0.5, 0.6) is 5.75 Å². The summed E-state index contributed by atoms with van der Waals surface area (Å²) in [5, 5.41) is 23.8. The minimum Gasteiger partial charge on any atom is -0.508 e. The number of anilines is 1. The SMILES string of the molecule is Cc1csc(/C(C#N)=C/Nc2ccc(O)cc2)n1. The van der Waals surface area contributed by atoms with Gasteiger partial charge in [-0.1, -0.05) is 0 Å². The zero-order valence-electron chi connectivity index (χ0n) is 9.71. The van der Waals surface area contributed by atoms with Gasteiger partial charge in [0.2, 0.25) is 0 Å². The molecule has 0 aliphatic heterocycles. The van der Waals surface area contributed by atoms with E-state index in [1.54, 1.807) is 30.5 Å². The third-order valence-electron chi connectivity index (χ3n) is 2.22. The number of hydrogen-bond donors (Lipinski definition) is 2. The van der Waals surface area contributed by atoms with Crippen molar-refractivity contribution >= 4 is 22.6 Å². The highest BCUT2D eigenvalue weighted by Crippen LogP contribution is 2.19. The summed E-state index contributed by atoms with van der Waals surface area (Å²) in [5.74, 6) is 0.209. The van der Waals surface area contributed by atoms with E-state index >= 15 is 0 Å². The molecule has 0 amide bonds. The summed E-state index contributed by atoms with van der Waals surface area (Å²) in [4.78, 5) is 4.26. The number of allylic oxidation sites excluding steroid dienone is 1. The van der Waals surface area contributed by atoms with Crippen molar-refractivity contribution < 1.29 is 5.11 Å². The largest absolute Gasteiger partial charge is 0.508 e. The minimum atomic E-state index is 0.209. The van der Waals surface area contributed by atoms with Crippen LogP contribution in [0.3, 0.4) is 0 Å². The Balaban J connectivity index is 2.16. The number of aromatic hydroxyl groups is 1. The highest BCUT2D eigenvalue weighted by atomic mass is 32.1. The summed E-state index contributed by atoms with van der Waals surface area (Å²) >= 11 is 1.44. The van der Waals surface area contributed by atoms with Crippen LogP contribution in [0.15, 0.2) is 35.8 Å². The molecular formula is C13H11N3OS. The van der Waals surface area contributed by atoms with Crippen molar-refractivity contribution in [2.45, 2.75) is 6.92 Å². The van der Waals surface area contributed by atoms with Crippen molar-refractivity contribution in [1.82, 2.24) is 4.98 Å². The summed E-state index contributed by atoms with van der Waals surface area (Å²) < 4.78 is 0. The lowest BCUT2D eigenvalue weighted by Gasteiger charge is -2.01. The van der Waals surface area contributed by atoms with Crippen LogP contribution in [0.2, 0.25) is 0 Å². The number of thiazole rings is 1. The minimum absolute atomic E-state index is 0.209. The van der Waals surface area contributed by atoms with Crippen molar-refractivity contribution in [2.75, 3.05) is 5.32 Å². The van der Waals surface area contributed by atoms with E-state index in [2.05, 4.69) is 16.4 Å². The maximum Gasteiger partial charge on any atom is 0.135 e. The summed E-state index contributed by atoms with van der Waals surface area (Å²) in [6, 6.07) is 8.73. The molecule has 4 nitrogen and oxygen atoms in total. The van der Waals surface area contributed by atoms with Gasteiger partial charge in [0.25, 0.3) is 0 Å². The van der Waals surface area contributed by atoms with Gasteiger partial charge in [-0.25, -0.2) is 4.98 Å². The molecule has 0 bridgehead atoms. The number of aromatic nitrogens is 1. The van der Waals surface area contributed by atoms with E-state index in [-0.39, 0.29) is 5.75 Å². The van der Waals surface area contributed by atoms with Crippen molar-refractivity contribution in [3.63, 3.8) is 0 Å². The molecule has 90 valence electrons. The van der Waals surface area contributed by atoms with Crippen LogP contribution in [0, 0.1) is 18.3 Å². The maximum absolute atomic E-state index is 9.16. The lowest BCUT2D eigenvalue weighted by atomic mass is 10.3. The molecule has 0 fully saturated rings. The number of benzene rings is 1. The molecule has 5 heteroatoms. The third kappa shape index (κ3) is 2.87. The van der Waals surface area contributed by atoms with Gasteiger partial charge in [-0.05, 0) is 31.2 Å². The zero-order chi connectivity index (χ0) is 13.0. The van der Waals surface area contributed by atoms with Crippen molar-refractivity contribution in [1.29, 1.82) is 5.26 Å². The van der Waals surface area contributed by atoms with E-state index in [1.165, 1.54) is 11.3 Å². The Morgan fingerprint density at radius 3 is 2.72 bits per heavy atom. The van der Waals surface area contributed by atoms with Gasteiger partial charge in [-0.15, -0.1) is 11.3 Å². The van der Waals surface area contributed by atoms with Crippen molar-refractivity contribution in [2.24, 2.45) is 0 Å². The number of nitrogens with one attached hydrogen (secondary N) is 1. The fraction of sp³-hybridized carbons (Fsp3) is 0.0769. The van der Waals surface area contributed by atoms with Crippen LogP contribution in [0.4, 0.5) is 5.69 Å². The number of nitriles is 1. The van der Waals surface area contributed by atoms with Crippen LogP contribution in [0.25, 0.3) is 5.57 Å². The molecule has 1 aromatic heterocycles. The number of nitrogens with zero attached hydrogens (tertiary/aromatic N) is 2. The van der Waals surface area contributed by atoms with Gasteiger partial charge in [0, 0.05) is 23.0 Å². The average Bonchev–Trinajstić information content (AvgIpc) is 2.79. The molecular weight excluding hydrogens is 246 g/mol. The number of hydrogen-bond acceptors (Lipinski definition) is 5. The first-order valence-corrected chi connectivity index (χ1v) is 6.15. The Hall–Kier alpha value is -2.32. The Kier molecular flexibility index (Phi) is 3.60. The standard InChI is InChI=1S/C13H11N3OS/c1-9-8-18-13(16-9)10(6-14)7-15-11-2-4-12(17)5-3-11/h2-5,7-8,15,17H,1H3/b10-7+. The highest BCUT2D eigenvalue weighted by molar-refractivity contribution is 7.10. The van der Waals surface area contributed by atoms with Gasteiger partial charge in [-0.3, -0.25) is 0 Å². The van der Waals surface area contributed by atoms with Gasteiger partial charge < -0.3 is 10.4 Å². The fourth-order valence-corrected chi connectivity index (χ4v) is 2.10. The third-order valence-corrected chi connectivity index (χ3v) is 3.21. The molecule has 0 aliphatic rings. The lowest BCUT2D eigenvalue weighted by Crippen LogP contribution is -1.90.